The molecule has 160 valence electrons. The van der Waals surface area contributed by atoms with E-state index in [2.05, 4.69) is 76.2 Å². The van der Waals surface area contributed by atoms with E-state index >= 15 is 0 Å². The molecule has 0 fully saturated rings. The van der Waals surface area contributed by atoms with E-state index in [0.717, 1.165) is 24.9 Å². The number of hydrogen-bond acceptors (Lipinski definition) is 2. The number of nitrogens with zero attached hydrogens (tertiary/aromatic N) is 1. The standard InChI is InChI=1S/C28H32N2O/c1-5-9-20-12-17-24-25(18-20)30(26(31)21-13-15-23(29)16-14-21)27(2,3)19-28(24,4)22-10-7-6-8-11-22/h6-8,10-18H,5,9,19,29H2,1-4H3. The van der Waals surface area contributed by atoms with E-state index in [0.29, 0.717) is 11.3 Å². The summed E-state index contributed by atoms with van der Waals surface area (Å²) in [6, 6.07) is 24.6. The summed E-state index contributed by atoms with van der Waals surface area (Å²) in [5, 5.41) is 0. The van der Waals surface area contributed by atoms with Crippen molar-refractivity contribution in [3.8, 4) is 0 Å². The van der Waals surface area contributed by atoms with Gasteiger partial charge in [0.25, 0.3) is 5.91 Å². The fourth-order valence-electron chi connectivity index (χ4n) is 5.24. The number of fused-ring (bicyclic) bond motifs is 1. The maximum Gasteiger partial charge on any atom is 0.258 e. The van der Waals surface area contributed by atoms with E-state index in [9.17, 15) is 4.79 Å². The zero-order chi connectivity index (χ0) is 22.2. The molecule has 1 aliphatic rings. The van der Waals surface area contributed by atoms with Gasteiger partial charge in [0.2, 0.25) is 0 Å². The van der Waals surface area contributed by atoms with E-state index < -0.39 is 0 Å². The van der Waals surface area contributed by atoms with Crippen molar-refractivity contribution in [3.05, 3.63) is 95.1 Å². The van der Waals surface area contributed by atoms with Gasteiger partial charge < -0.3 is 10.6 Å². The molecule has 3 heteroatoms. The second kappa shape index (κ2) is 7.88. The van der Waals surface area contributed by atoms with Crippen LogP contribution in [0.15, 0.2) is 72.8 Å². The maximum absolute atomic E-state index is 13.8. The van der Waals surface area contributed by atoms with E-state index in [1.807, 2.05) is 17.0 Å². The lowest BCUT2D eigenvalue weighted by Gasteiger charge is -2.51. The van der Waals surface area contributed by atoms with Crippen molar-refractivity contribution in [2.75, 3.05) is 10.6 Å². The minimum absolute atomic E-state index is 0.0232. The average molecular weight is 413 g/mol. The van der Waals surface area contributed by atoms with Gasteiger partial charge in [-0.25, -0.2) is 0 Å². The summed E-state index contributed by atoms with van der Waals surface area (Å²) in [5.41, 5.74) is 11.4. The highest BCUT2D eigenvalue weighted by Crippen LogP contribution is 2.51. The van der Waals surface area contributed by atoms with Gasteiger partial charge in [-0.1, -0.05) is 62.7 Å². The third-order valence-corrected chi connectivity index (χ3v) is 6.60. The quantitative estimate of drug-likeness (QED) is 0.507. The SMILES string of the molecule is CCCc1ccc2c(c1)N(C(=O)c1ccc(N)cc1)C(C)(C)CC2(C)c1ccccc1. The fourth-order valence-corrected chi connectivity index (χ4v) is 5.24. The van der Waals surface area contributed by atoms with Crippen LogP contribution in [-0.2, 0) is 11.8 Å². The Kier molecular flexibility index (Phi) is 5.38. The van der Waals surface area contributed by atoms with Gasteiger partial charge >= 0.3 is 0 Å². The highest BCUT2D eigenvalue weighted by molar-refractivity contribution is 6.08. The van der Waals surface area contributed by atoms with Crippen LogP contribution >= 0.6 is 0 Å². The van der Waals surface area contributed by atoms with Crippen LogP contribution in [0.25, 0.3) is 0 Å². The number of carbonyl (C=O) groups excluding carboxylic acids is 1. The van der Waals surface area contributed by atoms with Crippen molar-refractivity contribution < 1.29 is 4.79 Å². The molecular weight excluding hydrogens is 380 g/mol. The number of amides is 1. The summed E-state index contributed by atoms with van der Waals surface area (Å²) >= 11 is 0. The number of benzene rings is 3. The van der Waals surface area contributed by atoms with Crippen LogP contribution in [0, 0.1) is 0 Å². The zero-order valence-corrected chi connectivity index (χ0v) is 19.0. The van der Waals surface area contributed by atoms with Crippen molar-refractivity contribution in [2.45, 2.75) is 57.9 Å². The Bertz CT molecular complexity index is 1090. The lowest BCUT2D eigenvalue weighted by atomic mass is 9.65. The number of nitrogens with two attached hydrogens (primary N) is 1. The maximum atomic E-state index is 13.8. The summed E-state index contributed by atoms with van der Waals surface area (Å²) in [6.45, 7) is 8.86. The fraction of sp³-hybridized carbons (Fsp3) is 0.321. The highest BCUT2D eigenvalue weighted by atomic mass is 16.2. The normalized spacial score (nSPS) is 19.7. The lowest BCUT2D eigenvalue weighted by Crippen LogP contribution is -2.56. The van der Waals surface area contributed by atoms with Gasteiger partial charge in [-0.3, -0.25) is 4.79 Å². The Morgan fingerprint density at radius 3 is 2.29 bits per heavy atom. The van der Waals surface area contributed by atoms with E-state index in [4.69, 9.17) is 5.73 Å². The molecule has 0 bridgehead atoms. The van der Waals surface area contributed by atoms with Gasteiger partial charge in [-0.05, 0) is 73.7 Å². The highest BCUT2D eigenvalue weighted by Gasteiger charge is 2.47. The van der Waals surface area contributed by atoms with Gasteiger partial charge in [0, 0.05) is 27.9 Å². The third-order valence-electron chi connectivity index (χ3n) is 6.60. The number of aryl methyl sites for hydroxylation is 1. The molecular formula is C28H32N2O. The largest absolute Gasteiger partial charge is 0.399 e. The molecule has 1 heterocycles. The van der Waals surface area contributed by atoms with Crippen LogP contribution in [-0.4, -0.2) is 11.4 Å². The number of hydrogen-bond donors (Lipinski definition) is 1. The molecule has 1 aliphatic heterocycles. The van der Waals surface area contributed by atoms with Crippen LogP contribution < -0.4 is 10.6 Å². The molecule has 0 aromatic heterocycles. The lowest BCUT2D eigenvalue weighted by molar-refractivity contribution is 0.0948. The molecule has 3 nitrogen and oxygen atoms in total. The summed E-state index contributed by atoms with van der Waals surface area (Å²) < 4.78 is 0. The summed E-state index contributed by atoms with van der Waals surface area (Å²) in [4.78, 5) is 15.8. The van der Waals surface area contributed by atoms with Gasteiger partial charge in [0.15, 0.2) is 0 Å². The molecule has 1 unspecified atom stereocenters. The first-order valence-corrected chi connectivity index (χ1v) is 11.2. The smallest absolute Gasteiger partial charge is 0.258 e. The minimum Gasteiger partial charge on any atom is -0.399 e. The second-order valence-electron chi connectivity index (χ2n) is 9.55. The van der Waals surface area contributed by atoms with Crippen LogP contribution in [0.2, 0.25) is 0 Å². The first kappa shape index (κ1) is 21.2. The molecule has 3 aromatic carbocycles. The van der Waals surface area contributed by atoms with Crippen molar-refractivity contribution in [2.24, 2.45) is 0 Å². The van der Waals surface area contributed by atoms with Gasteiger partial charge in [-0.2, -0.15) is 0 Å². The van der Waals surface area contributed by atoms with E-state index in [-0.39, 0.29) is 16.9 Å². The molecule has 0 aliphatic carbocycles. The Hall–Kier alpha value is -3.07. The first-order valence-electron chi connectivity index (χ1n) is 11.2. The molecule has 1 atom stereocenters. The predicted octanol–water partition coefficient (Wildman–Crippen LogP) is 6.36. The van der Waals surface area contributed by atoms with Gasteiger partial charge in [0.05, 0.1) is 0 Å². The predicted molar refractivity (Wildman–Crippen MR) is 130 cm³/mol. The van der Waals surface area contributed by atoms with Crippen molar-refractivity contribution >= 4 is 17.3 Å². The topological polar surface area (TPSA) is 46.3 Å². The zero-order valence-electron chi connectivity index (χ0n) is 19.0. The van der Waals surface area contributed by atoms with Crippen LogP contribution in [0.5, 0.6) is 0 Å². The average Bonchev–Trinajstić information content (AvgIpc) is 2.74. The van der Waals surface area contributed by atoms with Crippen LogP contribution in [0.3, 0.4) is 0 Å². The van der Waals surface area contributed by atoms with Crippen LogP contribution in [0.1, 0.15) is 67.6 Å². The number of rotatable bonds is 4. The van der Waals surface area contributed by atoms with Gasteiger partial charge in [-0.15, -0.1) is 0 Å². The van der Waals surface area contributed by atoms with Crippen LogP contribution in [0.4, 0.5) is 11.4 Å². The first-order chi connectivity index (χ1) is 14.8. The summed E-state index contributed by atoms with van der Waals surface area (Å²) in [5.74, 6) is 0.0232. The monoisotopic (exact) mass is 412 g/mol. The molecule has 2 N–H and O–H groups in total. The molecule has 0 saturated heterocycles. The minimum atomic E-state index is -0.360. The molecule has 0 spiro atoms. The van der Waals surface area contributed by atoms with Crippen molar-refractivity contribution in [3.63, 3.8) is 0 Å². The Labute approximate surface area is 185 Å². The molecule has 4 rings (SSSR count). The Balaban J connectivity index is 1.92. The molecule has 0 saturated carbocycles. The molecule has 0 radical (unpaired) electrons. The van der Waals surface area contributed by atoms with E-state index in [1.54, 1.807) is 12.1 Å². The summed E-state index contributed by atoms with van der Waals surface area (Å²) in [7, 11) is 0. The Morgan fingerprint density at radius 1 is 0.968 bits per heavy atom. The second-order valence-corrected chi connectivity index (χ2v) is 9.55. The number of anilines is 2. The molecule has 1 amide bonds. The number of nitrogen functional groups attached to an aromatic ring is 1. The Morgan fingerprint density at radius 2 is 1.65 bits per heavy atom. The third kappa shape index (κ3) is 3.74. The van der Waals surface area contributed by atoms with Crippen molar-refractivity contribution in [1.29, 1.82) is 0 Å². The number of carbonyl (C=O) groups is 1. The van der Waals surface area contributed by atoms with E-state index in [1.165, 1.54) is 16.7 Å². The summed E-state index contributed by atoms with van der Waals surface area (Å²) in [6.07, 6.45) is 2.91. The molecule has 3 aromatic rings. The molecule has 31 heavy (non-hydrogen) atoms. The van der Waals surface area contributed by atoms with Gasteiger partial charge in [0.1, 0.15) is 0 Å². The van der Waals surface area contributed by atoms with Crippen molar-refractivity contribution in [1.82, 2.24) is 0 Å².